The van der Waals surface area contributed by atoms with Crippen molar-refractivity contribution in [3.63, 3.8) is 0 Å². The van der Waals surface area contributed by atoms with E-state index in [2.05, 4.69) is 15.3 Å². The number of rotatable bonds is 6. The van der Waals surface area contributed by atoms with E-state index < -0.39 is 0 Å². The van der Waals surface area contributed by atoms with E-state index in [1.807, 2.05) is 31.2 Å². The Balaban J connectivity index is 1.64. The number of halogens is 1. The van der Waals surface area contributed by atoms with Gasteiger partial charge in [-0.05, 0) is 66.4 Å². The predicted octanol–water partition coefficient (Wildman–Crippen LogP) is 6.04. The number of ether oxygens (including phenoxy) is 2. The first kappa shape index (κ1) is 20.6. The first-order valence-corrected chi connectivity index (χ1v) is 10.0. The molecule has 2 aromatic carbocycles. The third kappa shape index (κ3) is 4.59. The topological polar surface area (TPSA) is 73.3 Å². The summed E-state index contributed by atoms with van der Waals surface area (Å²) in [4.78, 5) is 20.6. The van der Waals surface area contributed by atoms with E-state index in [4.69, 9.17) is 21.1 Å². The van der Waals surface area contributed by atoms with Gasteiger partial charge in [-0.1, -0.05) is 23.7 Å². The van der Waals surface area contributed by atoms with Gasteiger partial charge >= 0.3 is 5.97 Å². The van der Waals surface area contributed by atoms with Gasteiger partial charge in [0.2, 0.25) is 5.88 Å². The van der Waals surface area contributed by atoms with E-state index in [0.29, 0.717) is 28.0 Å². The predicted molar refractivity (Wildman–Crippen MR) is 121 cm³/mol. The number of esters is 1. The molecule has 4 aromatic rings. The number of anilines is 1. The molecule has 156 valence electrons. The van der Waals surface area contributed by atoms with Gasteiger partial charge in [0.25, 0.3) is 0 Å². The van der Waals surface area contributed by atoms with Crippen LogP contribution in [-0.4, -0.2) is 23.0 Å². The smallest absolute Gasteiger partial charge is 0.337 e. The summed E-state index contributed by atoms with van der Waals surface area (Å²) in [7, 11) is 1.37. The second-order valence-corrected chi connectivity index (χ2v) is 7.35. The SMILES string of the molecule is COC(=O)c1ccc([C@H](C)Nc2nccc3ccnc(Oc4ccc(Cl)cc4)c23)cc1. The second-order valence-electron chi connectivity index (χ2n) is 6.91. The van der Waals surface area contributed by atoms with E-state index in [1.165, 1.54) is 7.11 Å². The zero-order valence-corrected chi connectivity index (χ0v) is 17.8. The number of carbonyl (C=O) groups excluding carboxylic acids is 1. The fourth-order valence-electron chi connectivity index (χ4n) is 3.21. The molecule has 0 amide bonds. The monoisotopic (exact) mass is 433 g/mol. The number of nitrogens with zero attached hydrogens (tertiary/aromatic N) is 2. The summed E-state index contributed by atoms with van der Waals surface area (Å²) in [5.41, 5.74) is 1.50. The fourth-order valence-corrected chi connectivity index (χ4v) is 3.33. The molecular formula is C24H20ClN3O3. The lowest BCUT2D eigenvalue weighted by Crippen LogP contribution is -2.09. The van der Waals surface area contributed by atoms with Crippen LogP contribution in [0.5, 0.6) is 11.6 Å². The molecule has 6 nitrogen and oxygen atoms in total. The van der Waals surface area contributed by atoms with Crippen LogP contribution in [0.1, 0.15) is 28.9 Å². The first-order chi connectivity index (χ1) is 15.0. The molecule has 0 radical (unpaired) electrons. The van der Waals surface area contributed by atoms with Crippen molar-refractivity contribution in [1.29, 1.82) is 0 Å². The van der Waals surface area contributed by atoms with Crippen LogP contribution >= 0.6 is 11.6 Å². The molecule has 0 aliphatic heterocycles. The van der Waals surface area contributed by atoms with Crippen LogP contribution in [0.15, 0.2) is 73.1 Å². The molecule has 1 N–H and O–H groups in total. The molecule has 0 aliphatic carbocycles. The lowest BCUT2D eigenvalue weighted by atomic mass is 10.1. The Kier molecular flexibility index (Phi) is 6.00. The number of hydrogen-bond donors (Lipinski definition) is 1. The van der Waals surface area contributed by atoms with Crippen molar-refractivity contribution in [1.82, 2.24) is 9.97 Å². The summed E-state index contributed by atoms with van der Waals surface area (Å²) in [5, 5.41) is 5.79. The van der Waals surface area contributed by atoms with Gasteiger partial charge in [0, 0.05) is 23.5 Å². The summed E-state index contributed by atoms with van der Waals surface area (Å²) >= 11 is 5.97. The lowest BCUT2D eigenvalue weighted by Gasteiger charge is -2.18. The zero-order valence-electron chi connectivity index (χ0n) is 17.0. The Morgan fingerprint density at radius 3 is 2.32 bits per heavy atom. The highest BCUT2D eigenvalue weighted by atomic mass is 35.5. The summed E-state index contributed by atoms with van der Waals surface area (Å²) in [5.74, 6) is 1.37. The van der Waals surface area contributed by atoms with Crippen molar-refractivity contribution in [3.05, 3.63) is 89.2 Å². The minimum absolute atomic E-state index is 0.0756. The average molecular weight is 434 g/mol. The maximum atomic E-state index is 11.7. The Hall–Kier alpha value is -3.64. The number of carbonyl (C=O) groups is 1. The van der Waals surface area contributed by atoms with Crippen LogP contribution in [0, 0.1) is 0 Å². The van der Waals surface area contributed by atoms with Crippen LogP contribution in [0.3, 0.4) is 0 Å². The van der Waals surface area contributed by atoms with Gasteiger partial charge in [-0.2, -0.15) is 0 Å². The van der Waals surface area contributed by atoms with Crippen molar-refractivity contribution in [3.8, 4) is 11.6 Å². The summed E-state index contributed by atoms with van der Waals surface area (Å²) < 4.78 is 10.8. The molecule has 0 spiro atoms. The second kappa shape index (κ2) is 9.02. The molecule has 2 aromatic heterocycles. The summed E-state index contributed by atoms with van der Waals surface area (Å²) in [6.07, 6.45) is 3.44. The highest BCUT2D eigenvalue weighted by Crippen LogP contribution is 2.34. The molecule has 0 saturated heterocycles. The molecule has 0 aliphatic rings. The Bertz CT molecular complexity index is 1210. The lowest BCUT2D eigenvalue weighted by molar-refractivity contribution is 0.0600. The minimum atomic E-state index is -0.363. The van der Waals surface area contributed by atoms with E-state index in [-0.39, 0.29) is 12.0 Å². The van der Waals surface area contributed by atoms with E-state index in [1.54, 1.807) is 48.8 Å². The molecule has 4 rings (SSSR count). The summed E-state index contributed by atoms with van der Waals surface area (Å²) in [6, 6.07) is 18.1. The van der Waals surface area contributed by atoms with Crippen molar-refractivity contribution in [2.75, 3.05) is 12.4 Å². The first-order valence-electron chi connectivity index (χ1n) is 9.67. The number of pyridine rings is 2. The molecule has 31 heavy (non-hydrogen) atoms. The normalized spacial score (nSPS) is 11.7. The number of nitrogens with one attached hydrogen (secondary N) is 1. The van der Waals surface area contributed by atoms with Crippen LogP contribution in [0.2, 0.25) is 5.02 Å². The van der Waals surface area contributed by atoms with Crippen molar-refractivity contribution < 1.29 is 14.3 Å². The van der Waals surface area contributed by atoms with Gasteiger partial charge in [0.1, 0.15) is 11.6 Å². The third-order valence-electron chi connectivity index (χ3n) is 4.86. The quantitative estimate of drug-likeness (QED) is 0.374. The number of benzene rings is 2. The number of methoxy groups -OCH3 is 1. The van der Waals surface area contributed by atoms with E-state index in [9.17, 15) is 4.79 Å². The van der Waals surface area contributed by atoms with Gasteiger partial charge in [-0.3, -0.25) is 0 Å². The number of fused-ring (bicyclic) bond motifs is 1. The number of hydrogen-bond acceptors (Lipinski definition) is 6. The standard InChI is InChI=1S/C24H20ClN3O3/c1-15(16-3-5-18(6-4-16)24(29)30-2)28-22-21-17(11-13-26-22)12-14-27-23(21)31-20-9-7-19(25)8-10-20/h3-15H,1-2H3,(H,26,28)/t15-/m0/s1. The molecule has 0 bridgehead atoms. The summed E-state index contributed by atoms with van der Waals surface area (Å²) in [6.45, 7) is 2.02. The van der Waals surface area contributed by atoms with Crippen molar-refractivity contribution in [2.45, 2.75) is 13.0 Å². The van der Waals surface area contributed by atoms with Crippen LogP contribution in [0.4, 0.5) is 5.82 Å². The van der Waals surface area contributed by atoms with Gasteiger partial charge < -0.3 is 14.8 Å². The van der Waals surface area contributed by atoms with Crippen LogP contribution in [0.25, 0.3) is 10.8 Å². The fraction of sp³-hybridized carbons (Fsp3) is 0.125. The van der Waals surface area contributed by atoms with Crippen molar-refractivity contribution in [2.24, 2.45) is 0 Å². The molecule has 1 atom stereocenters. The molecule has 2 heterocycles. The maximum absolute atomic E-state index is 11.7. The Morgan fingerprint density at radius 1 is 0.968 bits per heavy atom. The molecule has 7 heteroatoms. The third-order valence-corrected chi connectivity index (χ3v) is 5.11. The van der Waals surface area contributed by atoms with Crippen LogP contribution in [-0.2, 0) is 4.74 Å². The number of aromatic nitrogens is 2. The van der Waals surface area contributed by atoms with Crippen molar-refractivity contribution >= 4 is 34.2 Å². The average Bonchev–Trinajstić information content (AvgIpc) is 2.80. The highest BCUT2D eigenvalue weighted by Gasteiger charge is 2.15. The van der Waals surface area contributed by atoms with E-state index in [0.717, 1.165) is 16.3 Å². The van der Waals surface area contributed by atoms with Gasteiger partial charge in [0.05, 0.1) is 18.1 Å². The highest BCUT2D eigenvalue weighted by molar-refractivity contribution is 6.30. The molecule has 0 fully saturated rings. The Labute approximate surface area is 184 Å². The molecule has 0 unspecified atom stereocenters. The van der Waals surface area contributed by atoms with Gasteiger partial charge in [-0.25, -0.2) is 14.8 Å². The zero-order chi connectivity index (χ0) is 21.8. The van der Waals surface area contributed by atoms with E-state index >= 15 is 0 Å². The van der Waals surface area contributed by atoms with Gasteiger partial charge in [0.15, 0.2) is 0 Å². The molecular weight excluding hydrogens is 414 g/mol. The Morgan fingerprint density at radius 2 is 1.65 bits per heavy atom. The maximum Gasteiger partial charge on any atom is 0.337 e. The minimum Gasteiger partial charge on any atom is -0.465 e. The molecule has 0 saturated carbocycles. The van der Waals surface area contributed by atoms with Gasteiger partial charge in [-0.15, -0.1) is 0 Å². The van der Waals surface area contributed by atoms with Crippen LogP contribution < -0.4 is 10.1 Å². The largest absolute Gasteiger partial charge is 0.465 e.